The van der Waals surface area contributed by atoms with Gasteiger partial charge in [-0.3, -0.25) is 9.59 Å². The number of nitrogens with zero attached hydrogens (tertiary/aromatic N) is 1. The lowest BCUT2D eigenvalue weighted by Crippen LogP contribution is -2.32. The zero-order valence-corrected chi connectivity index (χ0v) is 12.2. The van der Waals surface area contributed by atoms with E-state index in [9.17, 15) is 9.59 Å². The molecule has 1 aromatic heterocycles. The molecule has 2 unspecified atom stereocenters. The van der Waals surface area contributed by atoms with Crippen LogP contribution < -0.4 is 5.32 Å². The summed E-state index contributed by atoms with van der Waals surface area (Å²) in [7, 11) is 0. The van der Waals surface area contributed by atoms with Gasteiger partial charge in [-0.1, -0.05) is 6.92 Å². The van der Waals surface area contributed by atoms with E-state index in [0.29, 0.717) is 43.7 Å². The number of amides is 2. The van der Waals surface area contributed by atoms with Crippen LogP contribution in [-0.4, -0.2) is 36.3 Å². The summed E-state index contributed by atoms with van der Waals surface area (Å²) in [5.74, 6) is 2.90. The van der Waals surface area contributed by atoms with Crippen LogP contribution in [0.3, 0.4) is 0 Å². The van der Waals surface area contributed by atoms with Crippen molar-refractivity contribution in [3.05, 3.63) is 29.7 Å². The van der Waals surface area contributed by atoms with E-state index in [1.54, 1.807) is 11.0 Å². The molecule has 1 N–H and O–H groups in total. The number of rotatable bonds is 3. The van der Waals surface area contributed by atoms with Crippen LogP contribution in [0.5, 0.6) is 0 Å². The molecule has 0 radical (unpaired) electrons. The first-order valence-electron chi connectivity index (χ1n) is 7.47. The van der Waals surface area contributed by atoms with Crippen LogP contribution in [0.1, 0.15) is 37.2 Å². The van der Waals surface area contributed by atoms with Crippen molar-refractivity contribution in [3.8, 4) is 0 Å². The number of furan rings is 1. The Bertz CT molecular complexity index is 576. The van der Waals surface area contributed by atoms with E-state index in [4.69, 9.17) is 4.42 Å². The summed E-state index contributed by atoms with van der Waals surface area (Å²) in [5.41, 5.74) is 0. The van der Waals surface area contributed by atoms with Gasteiger partial charge in [0.1, 0.15) is 11.5 Å². The summed E-state index contributed by atoms with van der Waals surface area (Å²) < 4.78 is 5.73. The molecule has 0 aromatic carbocycles. The smallest absolute Gasteiger partial charge is 0.246 e. The van der Waals surface area contributed by atoms with Gasteiger partial charge in [-0.25, -0.2) is 0 Å². The lowest BCUT2D eigenvalue weighted by atomic mass is 10.3. The first kappa shape index (κ1) is 13.9. The first-order valence-corrected chi connectivity index (χ1v) is 7.47. The number of carbonyl (C=O) groups excluding carboxylic acids is 2. The highest BCUT2D eigenvalue weighted by Crippen LogP contribution is 2.47. The van der Waals surface area contributed by atoms with Gasteiger partial charge in [0.2, 0.25) is 11.8 Å². The van der Waals surface area contributed by atoms with Crippen molar-refractivity contribution >= 4 is 17.9 Å². The molecule has 3 rings (SSSR count). The van der Waals surface area contributed by atoms with Crippen molar-refractivity contribution in [1.29, 1.82) is 0 Å². The van der Waals surface area contributed by atoms with Gasteiger partial charge in [-0.2, -0.15) is 0 Å². The standard InChI is InChI=1S/C16H20N2O3/c1-11-10-13(11)14-4-2-12(21-14)3-5-16(20)18-8-6-15(19)17-7-9-18/h2-5,11,13H,6-10H2,1H3,(H,17,19). The SMILES string of the molecule is CC1CC1c1ccc(C=CC(=O)N2CCNC(=O)CC2)o1. The minimum absolute atomic E-state index is 0.00325. The first-order chi connectivity index (χ1) is 10.1. The normalized spacial score (nSPS) is 25.8. The molecule has 1 aromatic rings. The second-order valence-electron chi connectivity index (χ2n) is 5.82. The van der Waals surface area contributed by atoms with Gasteiger partial charge in [0, 0.05) is 38.0 Å². The highest BCUT2D eigenvalue weighted by atomic mass is 16.3. The Labute approximate surface area is 124 Å². The Morgan fingerprint density at radius 2 is 2.24 bits per heavy atom. The van der Waals surface area contributed by atoms with Crippen LogP contribution >= 0.6 is 0 Å². The molecular formula is C16H20N2O3. The van der Waals surface area contributed by atoms with Gasteiger partial charge in [0.05, 0.1) is 0 Å². The fourth-order valence-electron chi connectivity index (χ4n) is 2.62. The average molecular weight is 288 g/mol. The molecule has 2 aliphatic rings. The zero-order chi connectivity index (χ0) is 14.8. The van der Waals surface area contributed by atoms with E-state index in [2.05, 4.69) is 12.2 Å². The lowest BCUT2D eigenvalue weighted by molar-refractivity contribution is -0.125. The number of carbonyl (C=O) groups is 2. The maximum absolute atomic E-state index is 12.1. The highest BCUT2D eigenvalue weighted by molar-refractivity contribution is 5.92. The van der Waals surface area contributed by atoms with Crippen LogP contribution in [0.15, 0.2) is 22.6 Å². The molecule has 1 aliphatic carbocycles. The molecule has 21 heavy (non-hydrogen) atoms. The molecule has 2 amide bonds. The molecule has 2 fully saturated rings. The Balaban J connectivity index is 1.58. The van der Waals surface area contributed by atoms with Crippen LogP contribution in [0.2, 0.25) is 0 Å². The van der Waals surface area contributed by atoms with Gasteiger partial charge >= 0.3 is 0 Å². The molecule has 0 bridgehead atoms. The topological polar surface area (TPSA) is 62.6 Å². The number of hydrogen-bond donors (Lipinski definition) is 1. The molecule has 1 saturated heterocycles. The summed E-state index contributed by atoms with van der Waals surface area (Å²) >= 11 is 0. The third-order valence-electron chi connectivity index (χ3n) is 4.14. The van der Waals surface area contributed by atoms with Crippen LogP contribution in [0.25, 0.3) is 6.08 Å². The zero-order valence-electron chi connectivity index (χ0n) is 12.2. The molecule has 112 valence electrons. The van der Waals surface area contributed by atoms with Gasteiger partial charge in [-0.05, 0) is 30.5 Å². The maximum atomic E-state index is 12.1. The van der Waals surface area contributed by atoms with Crippen LogP contribution in [-0.2, 0) is 9.59 Å². The van der Waals surface area contributed by atoms with Crippen molar-refractivity contribution in [2.45, 2.75) is 25.7 Å². The summed E-state index contributed by atoms with van der Waals surface area (Å²) in [5, 5.41) is 2.75. The summed E-state index contributed by atoms with van der Waals surface area (Å²) in [6.45, 7) is 3.75. The third kappa shape index (κ3) is 3.35. The molecule has 1 saturated carbocycles. The predicted molar refractivity (Wildman–Crippen MR) is 78.5 cm³/mol. The van der Waals surface area contributed by atoms with E-state index in [-0.39, 0.29) is 11.8 Å². The predicted octanol–water partition coefficient (Wildman–Crippen LogP) is 1.76. The Morgan fingerprint density at radius 1 is 1.43 bits per heavy atom. The minimum Gasteiger partial charge on any atom is -0.461 e. The molecule has 0 spiro atoms. The monoisotopic (exact) mass is 288 g/mol. The molecule has 2 atom stereocenters. The van der Waals surface area contributed by atoms with E-state index in [1.807, 2.05) is 12.1 Å². The van der Waals surface area contributed by atoms with Gasteiger partial charge < -0.3 is 14.6 Å². The minimum atomic E-state index is -0.0794. The maximum Gasteiger partial charge on any atom is 0.246 e. The van der Waals surface area contributed by atoms with Crippen LogP contribution in [0, 0.1) is 5.92 Å². The average Bonchev–Trinajstić information content (AvgIpc) is 3.08. The second kappa shape index (κ2) is 5.76. The van der Waals surface area contributed by atoms with Crippen molar-refractivity contribution in [2.24, 2.45) is 5.92 Å². The molecule has 5 heteroatoms. The van der Waals surface area contributed by atoms with E-state index in [1.165, 1.54) is 12.5 Å². The van der Waals surface area contributed by atoms with Crippen molar-refractivity contribution in [1.82, 2.24) is 10.2 Å². The fraction of sp³-hybridized carbons (Fsp3) is 0.500. The Morgan fingerprint density at radius 3 is 3.00 bits per heavy atom. The summed E-state index contributed by atoms with van der Waals surface area (Å²) in [6, 6.07) is 3.89. The van der Waals surface area contributed by atoms with Gasteiger partial charge in [0.25, 0.3) is 0 Å². The Kier molecular flexibility index (Phi) is 3.82. The van der Waals surface area contributed by atoms with Crippen molar-refractivity contribution in [2.75, 3.05) is 19.6 Å². The van der Waals surface area contributed by atoms with Crippen LogP contribution in [0.4, 0.5) is 0 Å². The van der Waals surface area contributed by atoms with E-state index in [0.717, 1.165) is 5.76 Å². The number of nitrogens with one attached hydrogen (secondary N) is 1. The second-order valence-corrected chi connectivity index (χ2v) is 5.82. The van der Waals surface area contributed by atoms with E-state index < -0.39 is 0 Å². The molecule has 1 aliphatic heterocycles. The lowest BCUT2D eigenvalue weighted by Gasteiger charge is -2.16. The van der Waals surface area contributed by atoms with Crippen molar-refractivity contribution in [3.63, 3.8) is 0 Å². The Hall–Kier alpha value is -2.04. The largest absolute Gasteiger partial charge is 0.461 e. The highest BCUT2D eigenvalue weighted by Gasteiger charge is 2.36. The molecular weight excluding hydrogens is 268 g/mol. The fourth-order valence-corrected chi connectivity index (χ4v) is 2.62. The quantitative estimate of drug-likeness (QED) is 0.862. The molecule has 2 heterocycles. The van der Waals surface area contributed by atoms with Gasteiger partial charge in [-0.15, -0.1) is 0 Å². The van der Waals surface area contributed by atoms with E-state index >= 15 is 0 Å². The van der Waals surface area contributed by atoms with Gasteiger partial charge in [0.15, 0.2) is 0 Å². The summed E-state index contributed by atoms with van der Waals surface area (Å²) in [4.78, 5) is 25.0. The number of hydrogen-bond acceptors (Lipinski definition) is 3. The molecule has 5 nitrogen and oxygen atoms in total. The third-order valence-corrected chi connectivity index (χ3v) is 4.14. The van der Waals surface area contributed by atoms with Crippen molar-refractivity contribution < 1.29 is 14.0 Å². The summed E-state index contributed by atoms with van der Waals surface area (Å²) in [6.07, 6.45) is 4.78.